The molecule has 0 amide bonds. The molecule has 0 aromatic carbocycles. The Labute approximate surface area is 58.0 Å². The van der Waals surface area contributed by atoms with Crippen molar-refractivity contribution in [2.75, 3.05) is 13.1 Å². The number of unbranched alkanes of at least 4 members (excludes halogenated alkanes) is 2. The maximum absolute atomic E-state index is 3.24. The number of hydrogen-bond acceptors (Lipinski definition) is 1. The zero-order chi connectivity index (χ0) is 6.95. The summed E-state index contributed by atoms with van der Waals surface area (Å²) in [6.45, 7) is 6.66. The van der Waals surface area contributed by atoms with Crippen LogP contribution in [0.4, 0.5) is 0 Å². The third-order valence-electron chi connectivity index (χ3n) is 1.27. The van der Waals surface area contributed by atoms with Crippen LogP contribution in [0.25, 0.3) is 0 Å². The van der Waals surface area contributed by atoms with E-state index in [-0.39, 0.29) is 0 Å². The van der Waals surface area contributed by atoms with Crippen LogP contribution in [-0.4, -0.2) is 13.1 Å². The molecule has 0 radical (unpaired) electrons. The van der Waals surface area contributed by atoms with Crippen LogP contribution in [0.1, 0.15) is 33.1 Å². The Bertz CT molecular complexity index is 40.2. The van der Waals surface area contributed by atoms with E-state index in [0.29, 0.717) is 0 Å². The zero-order valence-corrected chi connectivity index (χ0v) is 6.61. The predicted octanol–water partition coefficient (Wildman–Crippen LogP) is 0.265. The largest absolute Gasteiger partial charge is 0.269 e. The Kier molecular flexibility index (Phi) is 7.85. The van der Waals surface area contributed by atoms with E-state index in [1.807, 2.05) is 0 Å². The summed E-state index contributed by atoms with van der Waals surface area (Å²) < 4.78 is 0. The number of quaternary nitrogens is 1. The van der Waals surface area contributed by atoms with Gasteiger partial charge in [-0.25, -0.2) is 0 Å². The second-order valence-electron chi connectivity index (χ2n) is 2.27. The smallest absolute Gasteiger partial charge is 0.0901 e. The molecular weight excluding hydrogens is 112 g/mol. The molecule has 0 saturated carbocycles. The normalized spacial score (nSPS) is 10.0. The molecule has 0 atom stereocenters. The van der Waals surface area contributed by atoms with Crippen molar-refractivity contribution in [2.24, 2.45) is 0 Å². The molecule has 0 rings (SSSR count). The molecule has 0 aliphatic carbocycles. The predicted molar refractivity (Wildman–Crippen MR) is 40.0 cm³/mol. The van der Waals surface area contributed by atoms with Crippen molar-refractivity contribution in [2.45, 2.75) is 33.1 Å². The molecule has 0 aliphatic heterocycles. The first kappa shape index (κ1) is 8.92. The first-order chi connectivity index (χ1) is 4.41. The molecule has 0 saturated heterocycles. The summed E-state index contributed by atoms with van der Waals surface area (Å²) in [4.78, 5) is 0. The van der Waals surface area contributed by atoms with Crippen LogP contribution in [0.2, 0.25) is 0 Å². The zero-order valence-electron chi connectivity index (χ0n) is 6.61. The topological polar surface area (TPSA) is 28.6 Å². The van der Waals surface area contributed by atoms with Crippen LogP contribution in [-0.2, 0) is 0 Å². The van der Waals surface area contributed by atoms with Gasteiger partial charge in [-0.05, 0) is 13.3 Å². The highest BCUT2D eigenvalue weighted by Gasteiger charge is 1.85. The molecule has 2 nitrogen and oxygen atoms in total. The highest BCUT2D eigenvalue weighted by Crippen LogP contribution is 1.89. The molecule has 0 unspecified atom stereocenters. The Hall–Kier alpha value is -0.0800. The molecule has 0 aromatic rings. The third-order valence-corrected chi connectivity index (χ3v) is 1.27. The molecule has 0 heterocycles. The van der Waals surface area contributed by atoms with Crippen molar-refractivity contribution in [3.63, 3.8) is 0 Å². The minimum absolute atomic E-state index is 1.13. The molecular formula is C7H19N2+. The van der Waals surface area contributed by atoms with E-state index >= 15 is 0 Å². The summed E-state index contributed by atoms with van der Waals surface area (Å²) in [6, 6.07) is 0. The van der Waals surface area contributed by atoms with Crippen molar-refractivity contribution >= 4 is 0 Å². The average Bonchev–Trinajstić information content (AvgIpc) is 1.89. The first-order valence-corrected chi connectivity index (χ1v) is 3.96. The van der Waals surface area contributed by atoms with E-state index in [1.54, 1.807) is 0 Å². The lowest BCUT2D eigenvalue weighted by Gasteiger charge is -1.98. The van der Waals surface area contributed by atoms with Gasteiger partial charge in [0.15, 0.2) is 0 Å². The van der Waals surface area contributed by atoms with Gasteiger partial charge in [0.1, 0.15) is 0 Å². The quantitative estimate of drug-likeness (QED) is 0.302. The lowest BCUT2D eigenvalue weighted by Crippen LogP contribution is -2.93. The van der Waals surface area contributed by atoms with Crippen LogP contribution in [0.3, 0.4) is 0 Å². The van der Waals surface area contributed by atoms with Crippen LogP contribution < -0.4 is 10.9 Å². The number of rotatable bonds is 6. The lowest BCUT2D eigenvalue weighted by atomic mass is 10.2. The van der Waals surface area contributed by atoms with Crippen LogP contribution in [0.15, 0.2) is 0 Å². The molecule has 56 valence electrons. The Morgan fingerprint density at radius 2 is 2.00 bits per heavy atom. The Balaban J connectivity index is 2.60. The van der Waals surface area contributed by atoms with E-state index < -0.39 is 0 Å². The van der Waals surface area contributed by atoms with Crippen molar-refractivity contribution < 1.29 is 5.43 Å². The monoisotopic (exact) mass is 131 g/mol. The molecule has 2 heteroatoms. The van der Waals surface area contributed by atoms with Crippen molar-refractivity contribution in [3.05, 3.63) is 0 Å². The Morgan fingerprint density at radius 1 is 1.22 bits per heavy atom. The van der Waals surface area contributed by atoms with Crippen molar-refractivity contribution in [1.82, 2.24) is 5.43 Å². The maximum atomic E-state index is 3.24. The van der Waals surface area contributed by atoms with E-state index in [9.17, 15) is 0 Å². The van der Waals surface area contributed by atoms with Crippen LogP contribution >= 0.6 is 0 Å². The SMILES string of the molecule is CCCCCN[NH2+]CC. The molecule has 0 aromatic heterocycles. The molecule has 0 bridgehead atoms. The lowest BCUT2D eigenvalue weighted by molar-refractivity contribution is -0.708. The fraction of sp³-hybridized carbons (Fsp3) is 1.00. The van der Waals surface area contributed by atoms with Gasteiger partial charge in [-0.3, -0.25) is 5.43 Å². The summed E-state index contributed by atoms with van der Waals surface area (Å²) in [5.41, 5.74) is 5.37. The molecule has 0 fully saturated rings. The standard InChI is InChI=1S/C7H18N2/c1-3-5-6-7-9-8-4-2/h8-9H,3-7H2,1-2H3/p+1. The molecule has 3 N–H and O–H groups in total. The molecule has 0 spiro atoms. The number of nitrogens with two attached hydrogens (primary N) is 1. The fourth-order valence-corrected chi connectivity index (χ4v) is 0.723. The highest BCUT2D eigenvalue weighted by atomic mass is 15.3. The van der Waals surface area contributed by atoms with Gasteiger partial charge < -0.3 is 0 Å². The second-order valence-corrected chi connectivity index (χ2v) is 2.27. The van der Waals surface area contributed by atoms with Crippen molar-refractivity contribution in [3.8, 4) is 0 Å². The minimum atomic E-state index is 1.13. The van der Waals surface area contributed by atoms with Gasteiger partial charge in [-0.15, -0.1) is 0 Å². The van der Waals surface area contributed by atoms with Crippen LogP contribution in [0.5, 0.6) is 0 Å². The third kappa shape index (κ3) is 7.92. The summed E-state index contributed by atoms with van der Waals surface area (Å²) in [5, 5.41) is 0. The minimum Gasteiger partial charge on any atom is -0.269 e. The number of nitrogens with one attached hydrogen (secondary N) is 1. The summed E-state index contributed by atoms with van der Waals surface area (Å²) >= 11 is 0. The highest BCUT2D eigenvalue weighted by molar-refractivity contribution is 4.36. The van der Waals surface area contributed by atoms with Crippen molar-refractivity contribution in [1.29, 1.82) is 0 Å². The second kappa shape index (κ2) is 7.92. The number of hydrogen-bond donors (Lipinski definition) is 2. The van der Waals surface area contributed by atoms with Gasteiger partial charge in [-0.2, -0.15) is 5.43 Å². The van der Waals surface area contributed by atoms with Gasteiger partial charge in [0.05, 0.1) is 6.54 Å². The Morgan fingerprint density at radius 3 is 2.56 bits per heavy atom. The fourth-order valence-electron chi connectivity index (χ4n) is 0.723. The molecule has 0 aliphatic rings. The summed E-state index contributed by atoms with van der Waals surface area (Å²) in [5.74, 6) is 0. The van der Waals surface area contributed by atoms with Gasteiger partial charge >= 0.3 is 0 Å². The summed E-state index contributed by atoms with van der Waals surface area (Å²) in [6.07, 6.45) is 3.98. The maximum Gasteiger partial charge on any atom is 0.0901 e. The van der Waals surface area contributed by atoms with Gasteiger partial charge in [-0.1, -0.05) is 19.8 Å². The van der Waals surface area contributed by atoms with Gasteiger partial charge in [0.2, 0.25) is 0 Å². The summed E-state index contributed by atoms with van der Waals surface area (Å²) in [7, 11) is 0. The first-order valence-electron chi connectivity index (χ1n) is 3.96. The van der Waals surface area contributed by atoms with Gasteiger partial charge in [0.25, 0.3) is 0 Å². The van der Waals surface area contributed by atoms with E-state index in [2.05, 4.69) is 24.7 Å². The van der Waals surface area contributed by atoms with E-state index in [1.165, 1.54) is 19.3 Å². The average molecular weight is 131 g/mol. The molecule has 9 heavy (non-hydrogen) atoms. The van der Waals surface area contributed by atoms with E-state index in [0.717, 1.165) is 13.1 Å². The van der Waals surface area contributed by atoms with Crippen LogP contribution in [0, 0.1) is 0 Å². The van der Waals surface area contributed by atoms with E-state index in [4.69, 9.17) is 0 Å². The van der Waals surface area contributed by atoms with Gasteiger partial charge in [0, 0.05) is 6.54 Å².